The van der Waals surface area contributed by atoms with E-state index in [4.69, 9.17) is 16.9 Å². The lowest BCUT2D eigenvalue weighted by molar-refractivity contribution is -0.113. The van der Waals surface area contributed by atoms with Crippen LogP contribution < -0.4 is 5.32 Å². The van der Waals surface area contributed by atoms with Gasteiger partial charge in [0.2, 0.25) is 5.91 Å². The largest absolute Gasteiger partial charge is 0.325 e. The SMILES string of the molecule is N#CCCS(=O)(=O)CC(=O)Nc1ccc(Cl)cc1. The molecule has 0 saturated heterocycles. The monoisotopic (exact) mass is 286 g/mol. The average Bonchev–Trinajstić information content (AvgIpc) is 2.29. The van der Waals surface area contributed by atoms with Crippen LogP contribution in [0.2, 0.25) is 5.02 Å². The molecule has 1 aromatic carbocycles. The van der Waals surface area contributed by atoms with Crippen molar-refractivity contribution in [3.63, 3.8) is 0 Å². The van der Waals surface area contributed by atoms with Gasteiger partial charge in [0.05, 0.1) is 11.8 Å². The van der Waals surface area contributed by atoms with Gasteiger partial charge < -0.3 is 5.32 Å². The number of carbonyl (C=O) groups excluding carboxylic acids is 1. The first kappa shape index (κ1) is 14.5. The smallest absolute Gasteiger partial charge is 0.239 e. The maximum Gasteiger partial charge on any atom is 0.239 e. The molecular formula is C11H11ClN2O3S. The summed E-state index contributed by atoms with van der Waals surface area (Å²) in [6.45, 7) is 0. The number of halogens is 1. The van der Waals surface area contributed by atoms with Crippen LogP contribution in [0.3, 0.4) is 0 Å². The van der Waals surface area contributed by atoms with Crippen LogP contribution in [0.5, 0.6) is 0 Å². The topological polar surface area (TPSA) is 87.0 Å². The standard InChI is InChI=1S/C11H11ClN2O3S/c12-9-2-4-10(5-3-9)14-11(15)8-18(16,17)7-1-6-13/h2-5H,1,7-8H2,(H,14,15). The van der Waals surface area contributed by atoms with Crippen molar-refractivity contribution in [1.29, 1.82) is 5.26 Å². The number of hydrogen-bond acceptors (Lipinski definition) is 4. The molecule has 0 atom stereocenters. The van der Waals surface area contributed by atoms with Gasteiger partial charge in [-0.25, -0.2) is 8.42 Å². The zero-order valence-electron chi connectivity index (χ0n) is 9.39. The van der Waals surface area contributed by atoms with Gasteiger partial charge in [-0.1, -0.05) is 11.6 Å². The Labute approximate surface area is 110 Å². The predicted octanol–water partition coefficient (Wildman–Crippen LogP) is 1.61. The molecule has 1 aromatic rings. The normalized spacial score (nSPS) is 10.7. The summed E-state index contributed by atoms with van der Waals surface area (Å²) in [5.74, 6) is -1.57. The quantitative estimate of drug-likeness (QED) is 0.891. The summed E-state index contributed by atoms with van der Waals surface area (Å²) in [5, 5.41) is 11.3. The van der Waals surface area contributed by atoms with Gasteiger partial charge in [0, 0.05) is 17.1 Å². The third-order valence-corrected chi connectivity index (χ3v) is 3.78. The van der Waals surface area contributed by atoms with Gasteiger partial charge in [-0.3, -0.25) is 4.79 Å². The van der Waals surface area contributed by atoms with Crippen molar-refractivity contribution < 1.29 is 13.2 Å². The van der Waals surface area contributed by atoms with Crippen LogP contribution in [-0.2, 0) is 14.6 Å². The molecule has 0 heterocycles. The van der Waals surface area contributed by atoms with E-state index in [9.17, 15) is 13.2 Å². The van der Waals surface area contributed by atoms with E-state index < -0.39 is 21.5 Å². The Kier molecular flexibility index (Phi) is 5.13. The maximum absolute atomic E-state index is 11.5. The highest BCUT2D eigenvalue weighted by Crippen LogP contribution is 2.13. The number of benzene rings is 1. The van der Waals surface area contributed by atoms with Crippen molar-refractivity contribution in [3.8, 4) is 6.07 Å². The molecule has 0 fully saturated rings. The Morgan fingerprint density at radius 3 is 2.50 bits per heavy atom. The van der Waals surface area contributed by atoms with E-state index in [2.05, 4.69) is 5.32 Å². The number of hydrogen-bond donors (Lipinski definition) is 1. The van der Waals surface area contributed by atoms with E-state index in [0.29, 0.717) is 10.7 Å². The number of amides is 1. The highest BCUT2D eigenvalue weighted by molar-refractivity contribution is 7.92. The van der Waals surface area contributed by atoms with E-state index in [0.717, 1.165) is 0 Å². The summed E-state index contributed by atoms with van der Waals surface area (Å²) in [6, 6.07) is 8.04. The summed E-state index contributed by atoms with van der Waals surface area (Å²) >= 11 is 5.67. The molecule has 0 aliphatic carbocycles. The average molecular weight is 287 g/mol. The minimum Gasteiger partial charge on any atom is -0.325 e. The van der Waals surface area contributed by atoms with Gasteiger partial charge in [0.25, 0.3) is 0 Å². The third-order valence-electron chi connectivity index (χ3n) is 2.00. The molecule has 0 aliphatic rings. The van der Waals surface area contributed by atoms with Crippen LogP contribution in [0, 0.1) is 11.3 Å². The van der Waals surface area contributed by atoms with Crippen molar-refractivity contribution >= 4 is 33.0 Å². The Morgan fingerprint density at radius 1 is 1.33 bits per heavy atom. The van der Waals surface area contributed by atoms with Crippen LogP contribution >= 0.6 is 11.6 Å². The molecule has 18 heavy (non-hydrogen) atoms. The molecular weight excluding hydrogens is 276 g/mol. The molecule has 0 radical (unpaired) electrons. The first-order valence-electron chi connectivity index (χ1n) is 5.06. The molecule has 5 nitrogen and oxygen atoms in total. The van der Waals surface area contributed by atoms with E-state index in [1.165, 1.54) is 0 Å². The Morgan fingerprint density at radius 2 is 1.94 bits per heavy atom. The molecule has 0 aliphatic heterocycles. The number of rotatable bonds is 5. The zero-order valence-corrected chi connectivity index (χ0v) is 11.0. The van der Waals surface area contributed by atoms with Gasteiger partial charge in [-0.05, 0) is 24.3 Å². The van der Waals surface area contributed by atoms with Crippen molar-refractivity contribution in [2.45, 2.75) is 6.42 Å². The fraction of sp³-hybridized carbons (Fsp3) is 0.273. The van der Waals surface area contributed by atoms with Crippen LogP contribution in [-0.4, -0.2) is 25.8 Å². The van der Waals surface area contributed by atoms with Crippen molar-refractivity contribution in [2.75, 3.05) is 16.8 Å². The highest BCUT2D eigenvalue weighted by Gasteiger charge is 2.16. The molecule has 1 amide bonds. The minimum atomic E-state index is -3.53. The minimum absolute atomic E-state index is 0.115. The van der Waals surface area contributed by atoms with Crippen molar-refractivity contribution in [2.24, 2.45) is 0 Å². The molecule has 96 valence electrons. The summed E-state index contributed by atoms with van der Waals surface area (Å²) in [4.78, 5) is 11.5. The second-order valence-corrected chi connectivity index (χ2v) is 6.18. The Bertz CT molecular complexity index is 561. The summed E-state index contributed by atoms with van der Waals surface area (Å²) in [7, 11) is -3.53. The molecule has 0 bridgehead atoms. The molecule has 1 rings (SSSR count). The maximum atomic E-state index is 11.5. The van der Waals surface area contributed by atoms with Crippen LogP contribution in [0.1, 0.15) is 6.42 Å². The second-order valence-electron chi connectivity index (χ2n) is 3.56. The van der Waals surface area contributed by atoms with Crippen LogP contribution in [0.15, 0.2) is 24.3 Å². The Hall–Kier alpha value is -1.58. The van der Waals surface area contributed by atoms with E-state index in [1.54, 1.807) is 30.3 Å². The fourth-order valence-corrected chi connectivity index (χ4v) is 2.35. The molecule has 0 spiro atoms. The van der Waals surface area contributed by atoms with Gasteiger partial charge in [0.15, 0.2) is 9.84 Å². The number of nitriles is 1. The molecule has 1 N–H and O–H groups in total. The lowest BCUT2D eigenvalue weighted by Gasteiger charge is -2.05. The van der Waals surface area contributed by atoms with Gasteiger partial charge in [-0.2, -0.15) is 5.26 Å². The summed E-state index contributed by atoms with van der Waals surface area (Å²) in [5.41, 5.74) is 0.472. The lowest BCUT2D eigenvalue weighted by Crippen LogP contribution is -2.24. The first-order chi connectivity index (χ1) is 8.43. The number of carbonyl (C=O) groups is 1. The number of nitrogens with one attached hydrogen (secondary N) is 1. The van der Waals surface area contributed by atoms with Gasteiger partial charge >= 0.3 is 0 Å². The zero-order chi connectivity index (χ0) is 13.6. The van der Waals surface area contributed by atoms with Gasteiger partial charge in [0.1, 0.15) is 5.75 Å². The van der Waals surface area contributed by atoms with E-state index in [1.807, 2.05) is 0 Å². The van der Waals surface area contributed by atoms with Crippen LogP contribution in [0.25, 0.3) is 0 Å². The summed E-state index contributed by atoms with van der Waals surface area (Å²) in [6.07, 6.45) is -0.115. The molecule has 7 heteroatoms. The van der Waals surface area contributed by atoms with E-state index in [-0.39, 0.29) is 12.2 Å². The number of nitrogens with zero attached hydrogens (tertiary/aromatic N) is 1. The van der Waals surface area contributed by atoms with E-state index >= 15 is 0 Å². The lowest BCUT2D eigenvalue weighted by atomic mass is 10.3. The molecule has 0 aromatic heterocycles. The predicted molar refractivity (Wildman–Crippen MR) is 69.0 cm³/mol. The van der Waals surface area contributed by atoms with Crippen LogP contribution in [0.4, 0.5) is 5.69 Å². The second kappa shape index (κ2) is 6.38. The molecule has 0 unspecified atom stereocenters. The fourth-order valence-electron chi connectivity index (χ4n) is 1.20. The third kappa shape index (κ3) is 5.17. The number of sulfone groups is 1. The number of anilines is 1. The van der Waals surface area contributed by atoms with Gasteiger partial charge in [-0.15, -0.1) is 0 Å². The summed E-state index contributed by atoms with van der Waals surface area (Å²) < 4.78 is 22.8. The Balaban J connectivity index is 2.57. The molecule has 0 saturated carbocycles. The first-order valence-corrected chi connectivity index (χ1v) is 7.26. The van der Waals surface area contributed by atoms with Crippen molar-refractivity contribution in [1.82, 2.24) is 0 Å². The highest BCUT2D eigenvalue weighted by atomic mass is 35.5. The van der Waals surface area contributed by atoms with Crippen molar-refractivity contribution in [3.05, 3.63) is 29.3 Å².